The number of alkyl halides is 1. The second-order valence-corrected chi connectivity index (χ2v) is 3.30. The van der Waals surface area contributed by atoms with E-state index in [9.17, 15) is 9.59 Å². The SMILES string of the molecule is CC(Cl)OC(=O)c1ccc(C(=O)O)cn1. The fourth-order valence-electron chi connectivity index (χ4n) is 0.849. The van der Waals surface area contributed by atoms with E-state index in [-0.39, 0.29) is 11.3 Å². The summed E-state index contributed by atoms with van der Waals surface area (Å²) in [5, 5.41) is 8.58. The smallest absolute Gasteiger partial charge is 0.358 e. The molecule has 1 heterocycles. The zero-order valence-electron chi connectivity index (χ0n) is 7.81. The van der Waals surface area contributed by atoms with Gasteiger partial charge in [-0.25, -0.2) is 14.6 Å². The van der Waals surface area contributed by atoms with Crippen molar-refractivity contribution in [2.45, 2.75) is 12.5 Å². The molecule has 1 aromatic heterocycles. The first-order chi connectivity index (χ1) is 7.00. The fraction of sp³-hybridized carbons (Fsp3) is 0.222. The normalized spacial score (nSPS) is 11.9. The maximum atomic E-state index is 11.2. The molecule has 0 saturated heterocycles. The molecule has 1 unspecified atom stereocenters. The minimum atomic E-state index is -1.10. The number of carbonyl (C=O) groups is 2. The van der Waals surface area contributed by atoms with Gasteiger partial charge >= 0.3 is 11.9 Å². The van der Waals surface area contributed by atoms with Crippen molar-refractivity contribution in [1.82, 2.24) is 4.98 Å². The molecule has 1 aromatic rings. The highest BCUT2D eigenvalue weighted by molar-refractivity contribution is 6.20. The van der Waals surface area contributed by atoms with Crippen molar-refractivity contribution in [3.63, 3.8) is 0 Å². The fourth-order valence-corrected chi connectivity index (χ4v) is 0.930. The molecule has 0 radical (unpaired) electrons. The lowest BCUT2D eigenvalue weighted by molar-refractivity contribution is 0.0464. The van der Waals surface area contributed by atoms with Crippen LogP contribution in [0.2, 0.25) is 0 Å². The molecule has 1 N–H and O–H groups in total. The molecular weight excluding hydrogens is 222 g/mol. The van der Waals surface area contributed by atoms with Gasteiger partial charge in [0.25, 0.3) is 0 Å². The third kappa shape index (κ3) is 3.21. The third-order valence-corrected chi connectivity index (χ3v) is 1.58. The molecule has 0 aromatic carbocycles. The average Bonchev–Trinajstić information content (AvgIpc) is 2.17. The largest absolute Gasteiger partial charge is 0.478 e. The van der Waals surface area contributed by atoms with E-state index in [1.807, 2.05) is 0 Å². The van der Waals surface area contributed by atoms with E-state index < -0.39 is 17.5 Å². The van der Waals surface area contributed by atoms with E-state index in [2.05, 4.69) is 9.72 Å². The molecule has 6 heteroatoms. The van der Waals surface area contributed by atoms with E-state index >= 15 is 0 Å². The Morgan fingerprint density at radius 3 is 2.60 bits per heavy atom. The van der Waals surface area contributed by atoms with Crippen molar-refractivity contribution in [3.05, 3.63) is 29.6 Å². The molecule has 0 aliphatic carbocycles. The highest BCUT2D eigenvalue weighted by Gasteiger charge is 2.12. The van der Waals surface area contributed by atoms with Gasteiger partial charge in [0.1, 0.15) is 5.69 Å². The maximum Gasteiger partial charge on any atom is 0.358 e. The highest BCUT2D eigenvalue weighted by atomic mass is 35.5. The molecule has 5 nitrogen and oxygen atoms in total. The summed E-state index contributed by atoms with van der Waals surface area (Å²) in [6, 6.07) is 2.54. The number of hydrogen-bond donors (Lipinski definition) is 1. The molecule has 0 bridgehead atoms. The highest BCUT2D eigenvalue weighted by Crippen LogP contribution is 2.05. The van der Waals surface area contributed by atoms with Crippen molar-refractivity contribution in [3.8, 4) is 0 Å². The van der Waals surface area contributed by atoms with Gasteiger partial charge in [0, 0.05) is 6.20 Å². The third-order valence-electron chi connectivity index (χ3n) is 1.49. The van der Waals surface area contributed by atoms with E-state index in [0.29, 0.717) is 0 Å². The van der Waals surface area contributed by atoms with E-state index in [1.54, 1.807) is 0 Å². The van der Waals surface area contributed by atoms with Crippen LogP contribution in [-0.2, 0) is 4.74 Å². The second-order valence-electron chi connectivity index (χ2n) is 2.69. The Hall–Kier alpha value is -1.62. The lowest BCUT2D eigenvalue weighted by Gasteiger charge is -2.05. The van der Waals surface area contributed by atoms with Gasteiger partial charge in [-0.15, -0.1) is 0 Å². The molecular formula is C9H8ClNO4. The Morgan fingerprint density at radius 1 is 1.53 bits per heavy atom. The van der Waals surface area contributed by atoms with Crippen LogP contribution in [0.15, 0.2) is 18.3 Å². The zero-order valence-corrected chi connectivity index (χ0v) is 8.56. The van der Waals surface area contributed by atoms with Crippen molar-refractivity contribution in [2.24, 2.45) is 0 Å². The lowest BCUT2D eigenvalue weighted by atomic mass is 10.2. The topological polar surface area (TPSA) is 76.5 Å². The van der Waals surface area contributed by atoms with Gasteiger partial charge in [-0.1, -0.05) is 11.6 Å². The summed E-state index contributed by atoms with van der Waals surface area (Å²) in [5.41, 5.74) is -0.726. The van der Waals surface area contributed by atoms with Crippen molar-refractivity contribution >= 4 is 23.5 Å². The number of carboxylic acid groups (broad SMARTS) is 1. The molecule has 0 aliphatic heterocycles. The quantitative estimate of drug-likeness (QED) is 0.628. The summed E-state index contributed by atoms with van der Waals surface area (Å²) in [7, 11) is 0. The lowest BCUT2D eigenvalue weighted by Crippen LogP contribution is -2.12. The van der Waals surface area contributed by atoms with Crippen molar-refractivity contribution in [2.75, 3.05) is 0 Å². The Kier molecular flexibility index (Phi) is 3.62. The monoisotopic (exact) mass is 229 g/mol. The number of ether oxygens (including phenoxy) is 1. The maximum absolute atomic E-state index is 11.2. The Labute approximate surface area is 90.6 Å². The standard InChI is InChI=1S/C9H8ClNO4/c1-5(10)15-9(14)7-3-2-6(4-11-7)8(12)13/h2-5H,1H3,(H,12,13). The average molecular weight is 230 g/mol. The summed E-state index contributed by atoms with van der Waals surface area (Å²) in [6.07, 6.45) is 1.08. The number of pyridine rings is 1. The molecule has 1 rings (SSSR count). The first-order valence-electron chi connectivity index (χ1n) is 4.05. The summed E-state index contributed by atoms with van der Waals surface area (Å²) in [4.78, 5) is 25.3. The van der Waals surface area contributed by atoms with Crippen LogP contribution >= 0.6 is 11.6 Å². The summed E-state index contributed by atoms with van der Waals surface area (Å²) < 4.78 is 4.65. The number of esters is 1. The van der Waals surface area contributed by atoms with Crippen LogP contribution in [0.1, 0.15) is 27.8 Å². The van der Waals surface area contributed by atoms with Crippen LogP contribution in [0, 0.1) is 0 Å². The number of rotatable bonds is 3. The van der Waals surface area contributed by atoms with Gasteiger partial charge in [-0.2, -0.15) is 0 Å². The Balaban J connectivity index is 2.80. The van der Waals surface area contributed by atoms with Crippen molar-refractivity contribution < 1.29 is 19.4 Å². The van der Waals surface area contributed by atoms with Crippen LogP contribution in [0.3, 0.4) is 0 Å². The molecule has 0 spiro atoms. The van der Waals surface area contributed by atoms with Crippen LogP contribution in [-0.4, -0.2) is 27.6 Å². The Morgan fingerprint density at radius 2 is 2.20 bits per heavy atom. The second kappa shape index (κ2) is 4.75. The number of carbonyl (C=O) groups excluding carboxylic acids is 1. The van der Waals surface area contributed by atoms with E-state index in [1.165, 1.54) is 19.1 Å². The van der Waals surface area contributed by atoms with E-state index in [0.717, 1.165) is 6.20 Å². The summed E-state index contributed by atoms with van der Waals surface area (Å²) in [5.74, 6) is -1.79. The zero-order chi connectivity index (χ0) is 11.4. The number of aromatic nitrogens is 1. The molecule has 0 aliphatic rings. The molecule has 0 fully saturated rings. The summed E-state index contributed by atoms with van der Waals surface area (Å²) in [6.45, 7) is 1.49. The van der Waals surface area contributed by atoms with Gasteiger partial charge < -0.3 is 9.84 Å². The number of hydrogen-bond acceptors (Lipinski definition) is 4. The van der Waals surface area contributed by atoms with Gasteiger partial charge in [0.15, 0.2) is 5.56 Å². The van der Waals surface area contributed by atoms with Gasteiger partial charge in [0.2, 0.25) is 0 Å². The Bertz CT molecular complexity index is 374. The van der Waals surface area contributed by atoms with Gasteiger partial charge in [-0.3, -0.25) is 0 Å². The van der Waals surface area contributed by atoms with Gasteiger partial charge in [0.05, 0.1) is 5.56 Å². The number of nitrogens with zero attached hydrogens (tertiary/aromatic N) is 1. The molecule has 15 heavy (non-hydrogen) atoms. The molecule has 80 valence electrons. The minimum absolute atomic E-state index is 0.00507. The minimum Gasteiger partial charge on any atom is -0.478 e. The first-order valence-corrected chi connectivity index (χ1v) is 4.48. The molecule has 0 amide bonds. The van der Waals surface area contributed by atoms with Crippen LogP contribution < -0.4 is 0 Å². The molecule has 1 atom stereocenters. The van der Waals surface area contributed by atoms with Crippen molar-refractivity contribution in [1.29, 1.82) is 0 Å². The number of aromatic carboxylic acids is 1. The first kappa shape index (κ1) is 11.5. The summed E-state index contributed by atoms with van der Waals surface area (Å²) >= 11 is 5.44. The van der Waals surface area contributed by atoms with Gasteiger partial charge in [-0.05, 0) is 19.1 Å². The molecule has 0 saturated carbocycles. The van der Waals surface area contributed by atoms with E-state index in [4.69, 9.17) is 16.7 Å². The van der Waals surface area contributed by atoms with Crippen LogP contribution in [0.4, 0.5) is 0 Å². The van der Waals surface area contributed by atoms with Crippen LogP contribution in [0.5, 0.6) is 0 Å². The predicted molar refractivity (Wildman–Crippen MR) is 51.9 cm³/mol. The number of halogens is 1. The van der Waals surface area contributed by atoms with Crippen LogP contribution in [0.25, 0.3) is 0 Å². The predicted octanol–water partition coefficient (Wildman–Crippen LogP) is 1.52. The number of carboxylic acids is 1.